The first-order valence-electron chi connectivity index (χ1n) is 6.72. The summed E-state index contributed by atoms with van der Waals surface area (Å²) < 4.78 is 4.13. The minimum atomic E-state index is 0.153. The molecule has 1 unspecified atom stereocenters. The van der Waals surface area contributed by atoms with Crippen molar-refractivity contribution in [2.45, 2.75) is 39.7 Å². The molecule has 0 amide bonds. The normalized spacial score (nSPS) is 12.6. The molecule has 0 spiro atoms. The summed E-state index contributed by atoms with van der Waals surface area (Å²) in [6.45, 7) is 7.31. The van der Waals surface area contributed by atoms with Gasteiger partial charge in [0.1, 0.15) is 0 Å². The lowest BCUT2D eigenvalue weighted by Gasteiger charge is -2.19. The number of hydrogen-bond donors (Lipinski definition) is 1. The van der Waals surface area contributed by atoms with Crippen LogP contribution in [0.15, 0.2) is 18.5 Å². The Hall–Kier alpha value is -1.33. The molecule has 0 aliphatic heterocycles. The van der Waals surface area contributed by atoms with Gasteiger partial charge in [0.2, 0.25) is 0 Å². The summed E-state index contributed by atoms with van der Waals surface area (Å²) in [6.07, 6.45) is 5.84. The number of hydrogen-bond acceptors (Lipinski definition) is 5. The van der Waals surface area contributed by atoms with Crippen LogP contribution in [0.2, 0.25) is 0 Å². The Kier molecular flexibility index (Phi) is 4.99. The van der Waals surface area contributed by atoms with Crippen LogP contribution < -0.4 is 5.32 Å². The van der Waals surface area contributed by atoms with Crippen LogP contribution in [0.3, 0.4) is 0 Å². The molecule has 0 aliphatic rings. The van der Waals surface area contributed by atoms with Crippen molar-refractivity contribution in [3.63, 3.8) is 0 Å². The SMILES string of the molecule is CCCc1nnsc1C(NCC)c1cnccc1C. The molecule has 2 heterocycles. The van der Waals surface area contributed by atoms with Crippen molar-refractivity contribution in [2.24, 2.45) is 0 Å². The van der Waals surface area contributed by atoms with Crippen molar-refractivity contribution in [2.75, 3.05) is 6.54 Å². The summed E-state index contributed by atoms with van der Waals surface area (Å²) in [4.78, 5) is 5.48. The van der Waals surface area contributed by atoms with Crippen LogP contribution in [0.1, 0.15) is 48.0 Å². The molecule has 0 fully saturated rings. The maximum Gasteiger partial charge on any atom is 0.0807 e. The average Bonchev–Trinajstić information content (AvgIpc) is 2.86. The predicted molar refractivity (Wildman–Crippen MR) is 78.4 cm³/mol. The second kappa shape index (κ2) is 6.73. The zero-order valence-corrected chi connectivity index (χ0v) is 12.5. The van der Waals surface area contributed by atoms with Crippen LogP contribution in [-0.4, -0.2) is 21.1 Å². The van der Waals surface area contributed by atoms with Gasteiger partial charge in [-0.25, -0.2) is 0 Å². The van der Waals surface area contributed by atoms with Crippen molar-refractivity contribution in [3.8, 4) is 0 Å². The Bertz CT molecular complexity index is 524. The highest BCUT2D eigenvalue weighted by atomic mass is 32.1. The zero-order chi connectivity index (χ0) is 13.7. The van der Waals surface area contributed by atoms with E-state index in [4.69, 9.17) is 0 Å². The number of aromatic nitrogens is 3. The van der Waals surface area contributed by atoms with E-state index in [0.29, 0.717) is 0 Å². The molecule has 19 heavy (non-hydrogen) atoms. The van der Waals surface area contributed by atoms with Crippen LogP contribution in [0.5, 0.6) is 0 Å². The molecule has 5 heteroatoms. The first-order valence-corrected chi connectivity index (χ1v) is 7.50. The van der Waals surface area contributed by atoms with Gasteiger partial charge in [-0.15, -0.1) is 5.10 Å². The smallest absolute Gasteiger partial charge is 0.0807 e. The Labute approximate surface area is 118 Å². The third-order valence-corrected chi connectivity index (χ3v) is 3.96. The molecule has 0 radical (unpaired) electrons. The van der Waals surface area contributed by atoms with Gasteiger partial charge in [-0.2, -0.15) is 0 Å². The van der Waals surface area contributed by atoms with Crippen LogP contribution in [0, 0.1) is 6.92 Å². The highest BCUT2D eigenvalue weighted by Crippen LogP contribution is 2.29. The van der Waals surface area contributed by atoms with Crippen LogP contribution in [0.4, 0.5) is 0 Å². The molecule has 0 aliphatic carbocycles. The monoisotopic (exact) mass is 276 g/mol. The molecule has 0 bridgehead atoms. The van der Waals surface area contributed by atoms with E-state index in [-0.39, 0.29) is 6.04 Å². The first kappa shape index (κ1) is 14.1. The fourth-order valence-corrected chi connectivity index (χ4v) is 2.96. The molecule has 1 atom stereocenters. The van der Waals surface area contributed by atoms with E-state index in [0.717, 1.165) is 25.1 Å². The number of pyridine rings is 1. The van der Waals surface area contributed by atoms with Crippen molar-refractivity contribution in [3.05, 3.63) is 40.2 Å². The van der Waals surface area contributed by atoms with Gasteiger partial charge in [-0.3, -0.25) is 4.98 Å². The number of aryl methyl sites for hydroxylation is 2. The molecule has 2 aromatic rings. The molecule has 0 saturated heterocycles. The van der Waals surface area contributed by atoms with E-state index in [1.807, 2.05) is 18.5 Å². The predicted octanol–water partition coefficient (Wildman–Crippen LogP) is 2.89. The summed E-state index contributed by atoms with van der Waals surface area (Å²) in [5, 5.41) is 7.80. The molecular formula is C14H20N4S. The molecule has 0 saturated carbocycles. The van der Waals surface area contributed by atoms with Crippen molar-refractivity contribution in [1.29, 1.82) is 0 Å². The maximum atomic E-state index is 4.27. The minimum absolute atomic E-state index is 0.153. The largest absolute Gasteiger partial charge is 0.306 e. The van der Waals surface area contributed by atoms with Gasteiger partial charge in [0.15, 0.2) is 0 Å². The van der Waals surface area contributed by atoms with E-state index < -0.39 is 0 Å². The van der Waals surface area contributed by atoms with Gasteiger partial charge in [-0.05, 0) is 48.6 Å². The number of nitrogens with one attached hydrogen (secondary N) is 1. The molecule has 4 nitrogen and oxygen atoms in total. The van der Waals surface area contributed by atoms with Crippen molar-refractivity contribution < 1.29 is 0 Å². The fourth-order valence-electron chi connectivity index (χ4n) is 2.17. The third kappa shape index (κ3) is 3.16. The Morgan fingerprint density at radius 2 is 2.21 bits per heavy atom. The summed E-state index contributed by atoms with van der Waals surface area (Å²) in [7, 11) is 0. The summed E-state index contributed by atoms with van der Waals surface area (Å²) in [6, 6.07) is 2.20. The minimum Gasteiger partial charge on any atom is -0.306 e. The van der Waals surface area contributed by atoms with Gasteiger partial charge in [-0.1, -0.05) is 24.8 Å². The Morgan fingerprint density at radius 1 is 1.37 bits per heavy atom. The fraction of sp³-hybridized carbons (Fsp3) is 0.500. The van der Waals surface area contributed by atoms with Crippen molar-refractivity contribution in [1.82, 2.24) is 19.9 Å². The molecular weight excluding hydrogens is 256 g/mol. The molecule has 2 aromatic heterocycles. The van der Waals surface area contributed by atoms with Crippen LogP contribution in [-0.2, 0) is 6.42 Å². The van der Waals surface area contributed by atoms with Gasteiger partial charge in [0.05, 0.1) is 16.6 Å². The quantitative estimate of drug-likeness (QED) is 0.881. The number of nitrogens with zero attached hydrogens (tertiary/aromatic N) is 3. The Morgan fingerprint density at radius 3 is 2.89 bits per heavy atom. The maximum absolute atomic E-state index is 4.27. The van der Waals surface area contributed by atoms with Gasteiger partial charge < -0.3 is 5.32 Å². The summed E-state index contributed by atoms with van der Waals surface area (Å²) in [5.74, 6) is 0. The molecule has 102 valence electrons. The van der Waals surface area contributed by atoms with Gasteiger partial charge in [0, 0.05) is 12.4 Å². The lowest BCUT2D eigenvalue weighted by atomic mass is 10.0. The van der Waals surface area contributed by atoms with E-state index in [1.165, 1.54) is 27.5 Å². The molecule has 1 N–H and O–H groups in total. The molecule has 0 aromatic carbocycles. The standard InChI is InChI=1S/C14H20N4S/c1-4-6-12-14(19-18-17-12)13(16-5-2)11-9-15-8-7-10(11)3/h7-9,13,16H,4-6H2,1-3H3. The van der Waals surface area contributed by atoms with Crippen LogP contribution in [0.25, 0.3) is 0 Å². The van der Waals surface area contributed by atoms with Gasteiger partial charge in [0.25, 0.3) is 0 Å². The highest BCUT2D eigenvalue weighted by Gasteiger charge is 2.21. The Balaban J connectivity index is 2.40. The average molecular weight is 276 g/mol. The second-order valence-electron chi connectivity index (χ2n) is 4.56. The first-order chi connectivity index (χ1) is 9.27. The molecule has 2 rings (SSSR count). The lowest BCUT2D eigenvalue weighted by molar-refractivity contribution is 0.626. The topological polar surface area (TPSA) is 50.7 Å². The van der Waals surface area contributed by atoms with E-state index in [1.54, 1.807) is 0 Å². The van der Waals surface area contributed by atoms with E-state index in [2.05, 4.69) is 40.7 Å². The van der Waals surface area contributed by atoms with E-state index >= 15 is 0 Å². The van der Waals surface area contributed by atoms with E-state index in [9.17, 15) is 0 Å². The highest BCUT2D eigenvalue weighted by molar-refractivity contribution is 7.05. The second-order valence-corrected chi connectivity index (χ2v) is 5.34. The summed E-state index contributed by atoms with van der Waals surface area (Å²) >= 11 is 1.49. The zero-order valence-electron chi connectivity index (χ0n) is 11.7. The third-order valence-electron chi connectivity index (χ3n) is 3.13. The van der Waals surface area contributed by atoms with Crippen LogP contribution >= 0.6 is 11.5 Å². The summed E-state index contributed by atoms with van der Waals surface area (Å²) in [5.41, 5.74) is 3.58. The van der Waals surface area contributed by atoms with Gasteiger partial charge >= 0.3 is 0 Å². The lowest BCUT2D eigenvalue weighted by Crippen LogP contribution is -2.23. The number of rotatable bonds is 6. The van der Waals surface area contributed by atoms with Crippen molar-refractivity contribution >= 4 is 11.5 Å².